The predicted molar refractivity (Wildman–Crippen MR) is 126 cm³/mol. The van der Waals surface area contributed by atoms with Gasteiger partial charge >= 0.3 is 12.2 Å². The summed E-state index contributed by atoms with van der Waals surface area (Å²) in [5.41, 5.74) is -1.62. The van der Waals surface area contributed by atoms with Crippen LogP contribution in [-0.4, -0.2) is 58.2 Å². The Bertz CT molecular complexity index is 982. The fourth-order valence-electron chi connectivity index (χ4n) is 3.28. The van der Waals surface area contributed by atoms with E-state index in [4.69, 9.17) is 14.2 Å². The summed E-state index contributed by atoms with van der Waals surface area (Å²) in [5.74, 6) is -1.49. The molecule has 186 valence electrons. The SMILES string of the molecule is COc1ccc(/C=C2/C(=O)N(C(=O)OC(C)(C)C)[C@@H](C(C)C)C(=O)N2C(=O)OC(C)(C)C)cc1. The van der Waals surface area contributed by atoms with E-state index >= 15 is 0 Å². The van der Waals surface area contributed by atoms with E-state index in [1.807, 2.05) is 0 Å². The molecule has 34 heavy (non-hydrogen) atoms. The molecule has 1 heterocycles. The molecule has 0 aliphatic carbocycles. The van der Waals surface area contributed by atoms with Crippen LogP contribution < -0.4 is 4.74 Å². The first-order valence-corrected chi connectivity index (χ1v) is 11.0. The van der Waals surface area contributed by atoms with E-state index in [0.29, 0.717) is 16.2 Å². The van der Waals surface area contributed by atoms with Crippen LogP contribution in [0.25, 0.3) is 6.08 Å². The Morgan fingerprint density at radius 2 is 1.41 bits per heavy atom. The van der Waals surface area contributed by atoms with Crippen LogP contribution in [0.15, 0.2) is 30.0 Å². The van der Waals surface area contributed by atoms with Gasteiger partial charge in [0, 0.05) is 0 Å². The number of ether oxygens (including phenoxy) is 3. The molecule has 4 amide bonds. The Hall–Kier alpha value is -3.36. The van der Waals surface area contributed by atoms with Crippen molar-refractivity contribution < 1.29 is 33.4 Å². The maximum Gasteiger partial charge on any atom is 0.421 e. The maximum absolute atomic E-state index is 13.7. The van der Waals surface area contributed by atoms with Gasteiger partial charge in [-0.1, -0.05) is 26.0 Å². The molecule has 0 bridgehead atoms. The highest BCUT2D eigenvalue weighted by molar-refractivity contribution is 6.17. The van der Waals surface area contributed by atoms with Gasteiger partial charge in [0.2, 0.25) is 0 Å². The zero-order valence-corrected chi connectivity index (χ0v) is 21.3. The molecule has 1 saturated heterocycles. The molecule has 9 nitrogen and oxygen atoms in total. The summed E-state index contributed by atoms with van der Waals surface area (Å²) in [5, 5.41) is 0. The minimum absolute atomic E-state index is 0.313. The van der Waals surface area contributed by atoms with Gasteiger partial charge in [-0.05, 0) is 71.2 Å². The molecule has 1 atom stereocenters. The molecule has 0 unspecified atom stereocenters. The summed E-state index contributed by atoms with van der Waals surface area (Å²) in [7, 11) is 1.52. The van der Waals surface area contributed by atoms with Crippen LogP contribution in [0.5, 0.6) is 5.75 Å². The first kappa shape index (κ1) is 26.9. The third-order valence-corrected chi connectivity index (χ3v) is 4.65. The van der Waals surface area contributed by atoms with Crippen LogP contribution in [0.3, 0.4) is 0 Å². The monoisotopic (exact) mass is 474 g/mol. The fourth-order valence-corrected chi connectivity index (χ4v) is 3.28. The van der Waals surface area contributed by atoms with Gasteiger partial charge < -0.3 is 14.2 Å². The number of amides is 4. The summed E-state index contributed by atoms with van der Waals surface area (Å²) < 4.78 is 16.0. The van der Waals surface area contributed by atoms with Gasteiger partial charge in [-0.25, -0.2) is 19.4 Å². The zero-order chi connectivity index (χ0) is 26.0. The Labute approximate surface area is 200 Å². The smallest absolute Gasteiger partial charge is 0.421 e. The molecule has 9 heteroatoms. The zero-order valence-electron chi connectivity index (χ0n) is 21.3. The minimum Gasteiger partial charge on any atom is -0.497 e. The largest absolute Gasteiger partial charge is 0.497 e. The van der Waals surface area contributed by atoms with Crippen LogP contribution in [0, 0.1) is 5.92 Å². The van der Waals surface area contributed by atoms with Crippen molar-refractivity contribution in [3.63, 3.8) is 0 Å². The summed E-state index contributed by atoms with van der Waals surface area (Å²) in [6.45, 7) is 13.3. The number of hydrogen-bond donors (Lipinski definition) is 0. The van der Waals surface area contributed by atoms with Gasteiger partial charge in [-0.3, -0.25) is 9.59 Å². The molecule has 0 spiro atoms. The van der Waals surface area contributed by atoms with E-state index < -0.39 is 47.2 Å². The number of benzene rings is 1. The van der Waals surface area contributed by atoms with Crippen molar-refractivity contribution in [1.82, 2.24) is 9.80 Å². The number of carbonyl (C=O) groups excluding carboxylic acids is 4. The first-order valence-electron chi connectivity index (χ1n) is 11.0. The van der Waals surface area contributed by atoms with Crippen molar-refractivity contribution in [2.24, 2.45) is 5.92 Å². The lowest BCUT2D eigenvalue weighted by Crippen LogP contribution is -2.64. The minimum atomic E-state index is -1.25. The summed E-state index contributed by atoms with van der Waals surface area (Å²) in [6.07, 6.45) is -0.605. The molecule has 1 fully saturated rings. The second-order valence-corrected chi connectivity index (χ2v) is 10.3. The highest BCUT2D eigenvalue weighted by Crippen LogP contribution is 2.30. The van der Waals surface area contributed by atoms with Crippen molar-refractivity contribution >= 4 is 30.1 Å². The van der Waals surface area contributed by atoms with E-state index in [1.165, 1.54) is 13.2 Å². The lowest BCUT2D eigenvalue weighted by molar-refractivity contribution is -0.151. The number of methoxy groups -OCH3 is 1. The van der Waals surface area contributed by atoms with Crippen molar-refractivity contribution in [3.8, 4) is 5.75 Å². The molecule has 0 radical (unpaired) electrons. The number of carbonyl (C=O) groups is 4. The average molecular weight is 475 g/mol. The quantitative estimate of drug-likeness (QED) is 0.590. The van der Waals surface area contributed by atoms with Crippen molar-refractivity contribution in [2.75, 3.05) is 7.11 Å². The van der Waals surface area contributed by atoms with Crippen molar-refractivity contribution in [1.29, 1.82) is 0 Å². The summed E-state index contributed by atoms with van der Waals surface area (Å²) in [4.78, 5) is 54.8. The molecular formula is C25H34N2O7. The average Bonchev–Trinajstić information content (AvgIpc) is 2.67. The van der Waals surface area contributed by atoms with E-state index in [9.17, 15) is 19.2 Å². The number of nitrogens with zero attached hydrogens (tertiary/aromatic N) is 2. The van der Waals surface area contributed by atoms with E-state index in [1.54, 1.807) is 79.7 Å². The molecule has 0 aromatic heterocycles. The van der Waals surface area contributed by atoms with E-state index in [2.05, 4.69) is 0 Å². The third kappa shape index (κ3) is 6.36. The highest BCUT2D eigenvalue weighted by atomic mass is 16.6. The Balaban J connectivity index is 2.66. The van der Waals surface area contributed by atoms with Crippen LogP contribution in [0.1, 0.15) is 61.0 Å². The van der Waals surface area contributed by atoms with E-state index in [-0.39, 0.29) is 5.70 Å². The first-order chi connectivity index (χ1) is 15.6. The molecule has 1 aromatic carbocycles. The third-order valence-electron chi connectivity index (χ3n) is 4.65. The molecular weight excluding hydrogens is 440 g/mol. The predicted octanol–water partition coefficient (Wildman–Crippen LogP) is 4.60. The van der Waals surface area contributed by atoms with Crippen molar-refractivity contribution in [3.05, 3.63) is 35.5 Å². The molecule has 0 saturated carbocycles. The Morgan fingerprint density at radius 1 is 0.912 bits per heavy atom. The summed E-state index contributed by atoms with van der Waals surface area (Å²) in [6, 6.07) is 5.40. The number of imide groups is 2. The second kappa shape index (κ2) is 9.87. The number of piperazine rings is 1. The van der Waals surface area contributed by atoms with Gasteiger partial charge in [0.15, 0.2) is 0 Å². The molecule has 2 rings (SSSR count). The van der Waals surface area contributed by atoms with Crippen LogP contribution in [0.4, 0.5) is 9.59 Å². The lowest BCUT2D eigenvalue weighted by atomic mass is 9.97. The van der Waals surface area contributed by atoms with Gasteiger partial charge in [-0.2, -0.15) is 0 Å². The molecule has 1 aliphatic heterocycles. The van der Waals surface area contributed by atoms with Crippen LogP contribution >= 0.6 is 0 Å². The number of rotatable bonds is 3. The topological polar surface area (TPSA) is 102 Å². The summed E-state index contributed by atoms with van der Waals surface area (Å²) >= 11 is 0. The van der Waals surface area contributed by atoms with Crippen molar-refractivity contribution in [2.45, 2.75) is 72.6 Å². The maximum atomic E-state index is 13.7. The highest BCUT2D eigenvalue weighted by Gasteiger charge is 2.51. The van der Waals surface area contributed by atoms with Crippen LogP contribution in [0.2, 0.25) is 0 Å². The van der Waals surface area contributed by atoms with Gasteiger partial charge in [-0.15, -0.1) is 0 Å². The molecule has 1 aromatic rings. The fraction of sp³-hybridized carbons (Fsp3) is 0.520. The van der Waals surface area contributed by atoms with E-state index in [0.717, 1.165) is 4.90 Å². The standard InChI is InChI=1S/C25H34N2O7/c1-15(2)19-21(29)26(22(30)33-24(3,4)5)18(14-16-10-12-17(32-9)13-11-16)20(28)27(19)23(31)34-25(6,7)8/h10-15,19H,1-9H3/b18-14-/t19-/m0/s1. The van der Waals surface area contributed by atoms with Gasteiger partial charge in [0.05, 0.1) is 7.11 Å². The molecule has 0 N–H and O–H groups in total. The van der Waals surface area contributed by atoms with Crippen LogP contribution in [-0.2, 0) is 19.1 Å². The normalized spacial score (nSPS) is 18.4. The molecule has 1 aliphatic rings. The second-order valence-electron chi connectivity index (χ2n) is 10.3. The Kier molecular flexibility index (Phi) is 7.80. The lowest BCUT2D eigenvalue weighted by Gasteiger charge is -2.41. The van der Waals surface area contributed by atoms with Gasteiger partial charge in [0.25, 0.3) is 11.8 Å². The Morgan fingerprint density at radius 3 is 1.85 bits per heavy atom. The van der Waals surface area contributed by atoms with Gasteiger partial charge in [0.1, 0.15) is 28.7 Å². The number of hydrogen-bond acceptors (Lipinski definition) is 7.